The lowest BCUT2D eigenvalue weighted by Gasteiger charge is -2.16. The van der Waals surface area contributed by atoms with Gasteiger partial charge >= 0.3 is 0 Å². The highest BCUT2D eigenvalue weighted by atomic mass is 14.9. The fourth-order valence-electron chi connectivity index (χ4n) is 1.87. The molecule has 0 saturated carbocycles. The van der Waals surface area contributed by atoms with Gasteiger partial charge < -0.3 is 5.32 Å². The van der Waals surface area contributed by atoms with E-state index in [4.69, 9.17) is 0 Å². The van der Waals surface area contributed by atoms with Crippen molar-refractivity contribution in [1.82, 2.24) is 15.3 Å². The predicted octanol–water partition coefficient (Wildman–Crippen LogP) is 2.37. The average Bonchev–Trinajstić information content (AvgIpc) is 2.40. The maximum absolute atomic E-state index is 4.37. The molecule has 0 aliphatic carbocycles. The summed E-state index contributed by atoms with van der Waals surface area (Å²) in [6.07, 6.45) is 6.21. The minimum atomic E-state index is 0.233. The molecule has 2 aromatic rings. The maximum atomic E-state index is 4.37. The number of benzene rings is 1. The molecule has 1 aromatic carbocycles. The molecule has 1 atom stereocenters. The van der Waals surface area contributed by atoms with E-state index in [-0.39, 0.29) is 6.04 Å². The summed E-state index contributed by atoms with van der Waals surface area (Å²) >= 11 is 0. The van der Waals surface area contributed by atoms with Crippen molar-refractivity contribution in [3.63, 3.8) is 0 Å². The summed E-state index contributed by atoms with van der Waals surface area (Å²) in [5, 5.41) is 3.44. The van der Waals surface area contributed by atoms with Gasteiger partial charge in [0.1, 0.15) is 0 Å². The van der Waals surface area contributed by atoms with Crippen LogP contribution in [-0.2, 0) is 6.42 Å². The van der Waals surface area contributed by atoms with Crippen LogP contribution in [0, 0.1) is 0 Å². The third kappa shape index (κ3) is 3.36. The van der Waals surface area contributed by atoms with E-state index in [0.717, 1.165) is 18.7 Å². The van der Waals surface area contributed by atoms with Crippen molar-refractivity contribution in [2.24, 2.45) is 0 Å². The Morgan fingerprint density at radius 3 is 2.65 bits per heavy atom. The molecule has 0 saturated heterocycles. The predicted molar refractivity (Wildman–Crippen MR) is 68.6 cm³/mol. The lowest BCUT2D eigenvalue weighted by Crippen LogP contribution is -2.24. The molecular formula is C14H17N3. The lowest BCUT2D eigenvalue weighted by molar-refractivity contribution is 0.534. The van der Waals surface area contributed by atoms with Gasteiger partial charge in [0, 0.05) is 18.6 Å². The van der Waals surface area contributed by atoms with E-state index in [0.29, 0.717) is 0 Å². The van der Waals surface area contributed by atoms with Crippen molar-refractivity contribution >= 4 is 0 Å². The summed E-state index contributed by atoms with van der Waals surface area (Å²) in [5.41, 5.74) is 2.31. The topological polar surface area (TPSA) is 37.8 Å². The summed E-state index contributed by atoms with van der Waals surface area (Å²) in [7, 11) is 0. The van der Waals surface area contributed by atoms with E-state index >= 15 is 0 Å². The quantitative estimate of drug-likeness (QED) is 0.852. The Hall–Kier alpha value is -1.74. The summed E-state index contributed by atoms with van der Waals surface area (Å²) in [6.45, 7) is 3.03. The molecule has 3 nitrogen and oxygen atoms in total. The van der Waals surface area contributed by atoms with Gasteiger partial charge in [-0.05, 0) is 18.5 Å². The number of likely N-dealkylation sites (N-methyl/N-ethyl adjacent to an activating group) is 1. The Morgan fingerprint density at radius 2 is 2.00 bits per heavy atom. The van der Waals surface area contributed by atoms with Crippen LogP contribution in [0.4, 0.5) is 0 Å². The van der Waals surface area contributed by atoms with Crippen LogP contribution in [-0.4, -0.2) is 16.5 Å². The average molecular weight is 227 g/mol. The largest absolute Gasteiger partial charge is 0.309 e. The van der Waals surface area contributed by atoms with Crippen molar-refractivity contribution in [1.29, 1.82) is 0 Å². The summed E-state index contributed by atoms with van der Waals surface area (Å²) in [5.74, 6) is 0. The van der Waals surface area contributed by atoms with Crippen LogP contribution in [0.15, 0.2) is 48.9 Å². The molecule has 17 heavy (non-hydrogen) atoms. The molecule has 1 N–H and O–H groups in total. The third-order valence-corrected chi connectivity index (χ3v) is 2.67. The molecule has 0 spiro atoms. The fourth-order valence-corrected chi connectivity index (χ4v) is 1.87. The van der Waals surface area contributed by atoms with Crippen molar-refractivity contribution in [3.05, 3.63) is 60.2 Å². The Bertz CT molecular complexity index is 428. The molecule has 0 aliphatic rings. The molecule has 0 fully saturated rings. The van der Waals surface area contributed by atoms with E-state index in [9.17, 15) is 0 Å². The standard InChI is InChI=1S/C14H17N3/c1-2-16-13(14-11-15-8-9-17-14)10-12-6-4-3-5-7-12/h3-9,11,13,16H,2,10H2,1H3. The smallest absolute Gasteiger partial charge is 0.0759 e. The summed E-state index contributed by atoms with van der Waals surface area (Å²) in [4.78, 5) is 8.50. The highest BCUT2D eigenvalue weighted by molar-refractivity contribution is 5.18. The van der Waals surface area contributed by atoms with Crippen LogP contribution in [0.5, 0.6) is 0 Å². The van der Waals surface area contributed by atoms with E-state index in [2.05, 4.69) is 46.5 Å². The van der Waals surface area contributed by atoms with Crippen LogP contribution in [0.3, 0.4) is 0 Å². The second-order valence-corrected chi connectivity index (χ2v) is 3.93. The number of hydrogen-bond donors (Lipinski definition) is 1. The minimum Gasteiger partial charge on any atom is -0.309 e. The van der Waals surface area contributed by atoms with E-state index in [1.54, 1.807) is 12.4 Å². The van der Waals surface area contributed by atoms with Gasteiger partial charge in [0.15, 0.2) is 0 Å². The van der Waals surface area contributed by atoms with Gasteiger partial charge in [0.2, 0.25) is 0 Å². The number of nitrogens with one attached hydrogen (secondary N) is 1. The zero-order valence-corrected chi connectivity index (χ0v) is 10.0. The van der Waals surface area contributed by atoms with Crippen molar-refractivity contribution in [2.75, 3.05) is 6.54 Å². The van der Waals surface area contributed by atoms with Gasteiger partial charge in [-0.3, -0.25) is 9.97 Å². The molecule has 1 heterocycles. The number of nitrogens with zero attached hydrogens (tertiary/aromatic N) is 2. The molecule has 2 rings (SSSR count). The zero-order valence-electron chi connectivity index (χ0n) is 10.0. The van der Waals surface area contributed by atoms with Gasteiger partial charge in [-0.2, -0.15) is 0 Å². The van der Waals surface area contributed by atoms with Crippen molar-refractivity contribution in [3.8, 4) is 0 Å². The second-order valence-electron chi connectivity index (χ2n) is 3.93. The molecule has 0 amide bonds. The highest BCUT2D eigenvalue weighted by Gasteiger charge is 2.12. The van der Waals surface area contributed by atoms with Gasteiger partial charge in [0.05, 0.1) is 11.7 Å². The third-order valence-electron chi connectivity index (χ3n) is 2.67. The van der Waals surface area contributed by atoms with E-state index in [1.807, 2.05) is 12.3 Å². The maximum Gasteiger partial charge on any atom is 0.0759 e. The Labute approximate surface area is 102 Å². The first-order chi connectivity index (χ1) is 8.40. The van der Waals surface area contributed by atoms with Crippen LogP contribution in [0.2, 0.25) is 0 Å². The van der Waals surface area contributed by atoms with Gasteiger partial charge in [0.25, 0.3) is 0 Å². The first kappa shape index (κ1) is 11.7. The Balaban J connectivity index is 2.13. The van der Waals surface area contributed by atoms with Crippen molar-refractivity contribution < 1.29 is 0 Å². The van der Waals surface area contributed by atoms with Gasteiger partial charge in [-0.25, -0.2) is 0 Å². The Morgan fingerprint density at radius 1 is 1.18 bits per heavy atom. The normalized spacial score (nSPS) is 12.3. The number of hydrogen-bond acceptors (Lipinski definition) is 3. The molecule has 0 aliphatic heterocycles. The highest BCUT2D eigenvalue weighted by Crippen LogP contribution is 2.15. The van der Waals surface area contributed by atoms with E-state index in [1.165, 1.54) is 5.56 Å². The van der Waals surface area contributed by atoms with E-state index < -0.39 is 0 Å². The molecule has 1 unspecified atom stereocenters. The SMILES string of the molecule is CCNC(Cc1ccccc1)c1cnccn1. The first-order valence-corrected chi connectivity index (χ1v) is 5.93. The number of aromatic nitrogens is 2. The van der Waals surface area contributed by atoms with Crippen LogP contribution in [0.1, 0.15) is 24.2 Å². The Kier molecular flexibility index (Phi) is 4.22. The molecule has 0 radical (unpaired) electrons. The minimum absolute atomic E-state index is 0.233. The van der Waals surface area contributed by atoms with Crippen LogP contribution < -0.4 is 5.32 Å². The molecule has 1 aromatic heterocycles. The number of rotatable bonds is 5. The van der Waals surface area contributed by atoms with Crippen LogP contribution in [0.25, 0.3) is 0 Å². The van der Waals surface area contributed by atoms with Crippen molar-refractivity contribution in [2.45, 2.75) is 19.4 Å². The van der Waals surface area contributed by atoms with Gasteiger partial charge in [-0.15, -0.1) is 0 Å². The zero-order chi connectivity index (χ0) is 11.9. The molecular weight excluding hydrogens is 210 g/mol. The second kappa shape index (κ2) is 6.11. The monoisotopic (exact) mass is 227 g/mol. The molecule has 0 bridgehead atoms. The van der Waals surface area contributed by atoms with Crippen LogP contribution >= 0.6 is 0 Å². The summed E-state index contributed by atoms with van der Waals surface area (Å²) in [6, 6.07) is 10.7. The fraction of sp³-hybridized carbons (Fsp3) is 0.286. The molecule has 88 valence electrons. The van der Waals surface area contributed by atoms with Gasteiger partial charge in [-0.1, -0.05) is 37.3 Å². The summed E-state index contributed by atoms with van der Waals surface area (Å²) < 4.78 is 0. The lowest BCUT2D eigenvalue weighted by atomic mass is 10.0. The first-order valence-electron chi connectivity index (χ1n) is 5.93. The molecule has 3 heteroatoms.